The average molecular weight is 282 g/mol. The van der Waals surface area contributed by atoms with Crippen LogP contribution >= 0.6 is 0 Å². The third kappa shape index (κ3) is 5.04. The van der Waals surface area contributed by atoms with Crippen LogP contribution in [-0.4, -0.2) is 33.9 Å². The predicted molar refractivity (Wildman–Crippen MR) is 74.1 cm³/mol. The Morgan fingerprint density at radius 3 is 2.85 bits per heavy atom. The minimum Gasteiger partial charge on any atom is -0.368 e. The van der Waals surface area contributed by atoms with Gasteiger partial charge in [0.25, 0.3) is 0 Å². The van der Waals surface area contributed by atoms with E-state index in [4.69, 9.17) is 5.73 Å². The normalized spacial score (nSPS) is 10.3. The SMILES string of the molecule is CC(C)CNC(=O)CCNc1nc(N)ncc1[N+](=O)[O-]. The van der Waals surface area contributed by atoms with Crippen LogP contribution in [0.4, 0.5) is 17.5 Å². The number of nitro groups is 1. The van der Waals surface area contributed by atoms with Gasteiger partial charge in [0.2, 0.25) is 17.7 Å². The summed E-state index contributed by atoms with van der Waals surface area (Å²) < 4.78 is 0. The van der Waals surface area contributed by atoms with E-state index < -0.39 is 4.92 Å². The second-order valence-electron chi connectivity index (χ2n) is 4.59. The molecule has 1 aromatic rings. The Bertz CT molecular complexity index is 491. The number of rotatable bonds is 7. The number of carbonyl (C=O) groups excluding carboxylic acids is 1. The van der Waals surface area contributed by atoms with E-state index in [2.05, 4.69) is 20.6 Å². The molecule has 9 heteroatoms. The molecule has 0 aliphatic heterocycles. The van der Waals surface area contributed by atoms with Gasteiger partial charge in [0.05, 0.1) is 4.92 Å². The van der Waals surface area contributed by atoms with Gasteiger partial charge >= 0.3 is 5.69 Å². The van der Waals surface area contributed by atoms with Crippen molar-refractivity contribution in [3.63, 3.8) is 0 Å². The smallest absolute Gasteiger partial charge is 0.329 e. The molecule has 0 aliphatic carbocycles. The zero-order chi connectivity index (χ0) is 15.1. The molecule has 20 heavy (non-hydrogen) atoms. The van der Waals surface area contributed by atoms with Crippen molar-refractivity contribution in [2.45, 2.75) is 20.3 Å². The van der Waals surface area contributed by atoms with Crippen molar-refractivity contribution in [2.75, 3.05) is 24.1 Å². The Hall–Kier alpha value is -2.45. The van der Waals surface area contributed by atoms with E-state index in [9.17, 15) is 14.9 Å². The molecule has 9 nitrogen and oxygen atoms in total. The maximum Gasteiger partial charge on any atom is 0.329 e. The number of hydrogen-bond acceptors (Lipinski definition) is 7. The van der Waals surface area contributed by atoms with Crippen molar-refractivity contribution in [3.05, 3.63) is 16.3 Å². The van der Waals surface area contributed by atoms with Crippen LogP contribution in [0.3, 0.4) is 0 Å². The van der Waals surface area contributed by atoms with Crippen LogP contribution in [0.1, 0.15) is 20.3 Å². The van der Waals surface area contributed by atoms with Crippen LogP contribution < -0.4 is 16.4 Å². The highest BCUT2D eigenvalue weighted by Crippen LogP contribution is 2.20. The van der Waals surface area contributed by atoms with Crippen molar-refractivity contribution in [1.29, 1.82) is 0 Å². The van der Waals surface area contributed by atoms with E-state index in [0.29, 0.717) is 12.5 Å². The van der Waals surface area contributed by atoms with Gasteiger partial charge in [-0.2, -0.15) is 4.98 Å². The summed E-state index contributed by atoms with van der Waals surface area (Å²) >= 11 is 0. The molecular formula is C11H18N6O3. The average Bonchev–Trinajstić information content (AvgIpc) is 2.36. The van der Waals surface area contributed by atoms with Gasteiger partial charge in [-0.15, -0.1) is 0 Å². The molecule has 0 spiro atoms. The standard InChI is InChI=1S/C11H18N6O3/c1-7(2)5-14-9(18)3-4-13-10-8(17(19)20)6-15-11(12)16-10/h6-7H,3-5H2,1-2H3,(H,14,18)(H3,12,13,15,16). The molecule has 0 saturated carbocycles. The summed E-state index contributed by atoms with van der Waals surface area (Å²) in [5, 5.41) is 16.2. The van der Waals surface area contributed by atoms with Gasteiger partial charge in [-0.05, 0) is 5.92 Å². The molecule has 1 heterocycles. The second kappa shape index (κ2) is 7.22. The van der Waals surface area contributed by atoms with Gasteiger partial charge in [0.15, 0.2) is 0 Å². The Kier molecular flexibility index (Phi) is 5.63. The molecule has 0 saturated heterocycles. The first-order valence-corrected chi connectivity index (χ1v) is 6.17. The highest BCUT2D eigenvalue weighted by atomic mass is 16.6. The number of nitrogen functional groups attached to an aromatic ring is 1. The molecule has 0 atom stereocenters. The zero-order valence-electron chi connectivity index (χ0n) is 11.4. The Morgan fingerprint density at radius 1 is 1.55 bits per heavy atom. The van der Waals surface area contributed by atoms with Crippen molar-refractivity contribution in [3.8, 4) is 0 Å². The Labute approximate surface area is 116 Å². The van der Waals surface area contributed by atoms with Gasteiger partial charge in [0.1, 0.15) is 6.20 Å². The minimum atomic E-state index is -0.611. The first kappa shape index (κ1) is 15.6. The Balaban J connectivity index is 2.51. The van der Waals surface area contributed by atoms with Crippen LogP contribution in [0, 0.1) is 16.0 Å². The van der Waals surface area contributed by atoms with Crippen molar-refractivity contribution >= 4 is 23.4 Å². The monoisotopic (exact) mass is 282 g/mol. The number of carbonyl (C=O) groups is 1. The van der Waals surface area contributed by atoms with E-state index in [0.717, 1.165) is 6.20 Å². The largest absolute Gasteiger partial charge is 0.368 e. The van der Waals surface area contributed by atoms with Crippen LogP contribution in [0.5, 0.6) is 0 Å². The molecule has 0 bridgehead atoms. The van der Waals surface area contributed by atoms with E-state index in [1.807, 2.05) is 13.8 Å². The van der Waals surface area contributed by atoms with E-state index in [1.54, 1.807) is 0 Å². The summed E-state index contributed by atoms with van der Waals surface area (Å²) in [6, 6.07) is 0. The molecule has 1 amide bonds. The maximum atomic E-state index is 11.5. The summed E-state index contributed by atoms with van der Waals surface area (Å²) in [6.45, 7) is 4.80. The van der Waals surface area contributed by atoms with Crippen molar-refractivity contribution in [2.24, 2.45) is 5.92 Å². The topological polar surface area (TPSA) is 136 Å². The van der Waals surface area contributed by atoms with Crippen molar-refractivity contribution in [1.82, 2.24) is 15.3 Å². The third-order valence-corrected chi connectivity index (χ3v) is 2.34. The number of aromatic nitrogens is 2. The first-order valence-electron chi connectivity index (χ1n) is 6.17. The highest BCUT2D eigenvalue weighted by Gasteiger charge is 2.16. The number of nitrogens with zero attached hydrogens (tertiary/aromatic N) is 3. The zero-order valence-corrected chi connectivity index (χ0v) is 11.4. The molecule has 0 fully saturated rings. The van der Waals surface area contributed by atoms with E-state index >= 15 is 0 Å². The summed E-state index contributed by atoms with van der Waals surface area (Å²) in [7, 11) is 0. The minimum absolute atomic E-state index is 0.0131. The molecule has 4 N–H and O–H groups in total. The third-order valence-electron chi connectivity index (χ3n) is 2.34. The number of anilines is 2. The number of hydrogen-bond donors (Lipinski definition) is 3. The quantitative estimate of drug-likeness (QED) is 0.490. The molecule has 0 unspecified atom stereocenters. The van der Waals surface area contributed by atoms with Crippen LogP contribution in [0.15, 0.2) is 6.20 Å². The van der Waals surface area contributed by atoms with Crippen LogP contribution in [0.2, 0.25) is 0 Å². The lowest BCUT2D eigenvalue weighted by Crippen LogP contribution is -2.28. The second-order valence-corrected chi connectivity index (χ2v) is 4.59. The lowest BCUT2D eigenvalue weighted by Gasteiger charge is -2.08. The van der Waals surface area contributed by atoms with Crippen LogP contribution in [0.25, 0.3) is 0 Å². The fraction of sp³-hybridized carbons (Fsp3) is 0.545. The molecule has 0 aliphatic rings. The van der Waals surface area contributed by atoms with Gasteiger partial charge < -0.3 is 16.4 Å². The highest BCUT2D eigenvalue weighted by molar-refractivity contribution is 5.76. The lowest BCUT2D eigenvalue weighted by molar-refractivity contribution is -0.384. The molecule has 0 radical (unpaired) electrons. The summed E-state index contributed by atoms with van der Waals surface area (Å²) in [5.41, 5.74) is 5.10. The van der Waals surface area contributed by atoms with Gasteiger partial charge in [-0.3, -0.25) is 14.9 Å². The molecule has 0 aromatic carbocycles. The molecule has 1 aromatic heterocycles. The summed E-state index contributed by atoms with van der Waals surface area (Å²) in [5.74, 6) is 0.187. The first-order chi connectivity index (χ1) is 9.40. The number of nitrogens with one attached hydrogen (secondary N) is 2. The fourth-order valence-corrected chi connectivity index (χ4v) is 1.35. The van der Waals surface area contributed by atoms with Gasteiger partial charge in [-0.25, -0.2) is 4.98 Å². The van der Waals surface area contributed by atoms with E-state index in [-0.39, 0.29) is 36.3 Å². The van der Waals surface area contributed by atoms with E-state index in [1.165, 1.54) is 0 Å². The lowest BCUT2D eigenvalue weighted by atomic mass is 10.2. The van der Waals surface area contributed by atoms with Crippen LogP contribution in [-0.2, 0) is 4.79 Å². The Morgan fingerprint density at radius 2 is 2.25 bits per heavy atom. The summed E-state index contributed by atoms with van der Waals surface area (Å²) in [4.78, 5) is 28.9. The number of nitrogens with two attached hydrogens (primary N) is 1. The molecular weight excluding hydrogens is 264 g/mol. The van der Waals surface area contributed by atoms with Crippen molar-refractivity contribution < 1.29 is 9.72 Å². The fourth-order valence-electron chi connectivity index (χ4n) is 1.35. The summed E-state index contributed by atoms with van der Waals surface area (Å²) in [6.07, 6.45) is 1.22. The maximum absolute atomic E-state index is 11.5. The molecule has 1 rings (SSSR count). The predicted octanol–water partition coefficient (Wildman–Crippen LogP) is 0.541. The van der Waals surface area contributed by atoms with Gasteiger partial charge in [0, 0.05) is 19.5 Å². The number of amides is 1. The molecule has 110 valence electrons. The van der Waals surface area contributed by atoms with Gasteiger partial charge in [-0.1, -0.05) is 13.8 Å².